The number of hydrogen-bond acceptors (Lipinski definition) is 9. The fourth-order valence-electron chi connectivity index (χ4n) is 3.45. The van der Waals surface area contributed by atoms with E-state index in [1.807, 2.05) is 6.07 Å². The molecule has 0 bridgehead atoms. The first-order chi connectivity index (χ1) is 15.9. The van der Waals surface area contributed by atoms with Gasteiger partial charge in [-0.25, -0.2) is 15.0 Å². The second kappa shape index (κ2) is 10.4. The first kappa shape index (κ1) is 24.0. The lowest BCUT2D eigenvalue weighted by molar-refractivity contribution is -0.0532. The van der Waals surface area contributed by atoms with Crippen molar-refractivity contribution in [3.8, 4) is 0 Å². The molecule has 9 nitrogen and oxygen atoms in total. The van der Waals surface area contributed by atoms with Gasteiger partial charge in [-0.1, -0.05) is 60.6 Å². The molecule has 3 heterocycles. The van der Waals surface area contributed by atoms with Crippen molar-refractivity contribution in [1.29, 1.82) is 0 Å². The standard InChI is InChI=1S/C22H27N5O4S2/c1-22(2,3)33-32-13-30-15-9-17(31-16(15)10-28)27-12-25-18-19(23-11-24-20(18)27)26-21(29)14-7-5-4-6-8-14/h4-8,11-12,15-17,28H,9-10,13H2,1-3H3,(H,23,24,26,29)/t15?,16-,17-/m1/s1. The summed E-state index contributed by atoms with van der Waals surface area (Å²) in [5, 5.41) is 12.6. The van der Waals surface area contributed by atoms with Crippen molar-refractivity contribution in [2.24, 2.45) is 0 Å². The number of benzene rings is 1. The first-order valence-electron chi connectivity index (χ1n) is 10.6. The van der Waals surface area contributed by atoms with Crippen molar-refractivity contribution in [2.75, 3.05) is 17.9 Å². The molecule has 0 aliphatic carbocycles. The minimum Gasteiger partial charge on any atom is -0.394 e. The van der Waals surface area contributed by atoms with Crippen molar-refractivity contribution in [1.82, 2.24) is 19.5 Å². The Bertz CT molecular complexity index is 1090. The van der Waals surface area contributed by atoms with E-state index < -0.39 is 12.3 Å². The predicted octanol–water partition coefficient (Wildman–Crippen LogP) is 3.88. The monoisotopic (exact) mass is 489 g/mol. The van der Waals surface area contributed by atoms with Gasteiger partial charge in [0.1, 0.15) is 24.6 Å². The Kier molecular flexibility index (Phi) is 7.55. The second-order valence-corrected chi connectivity index (χ2v) is 11.6. The van der Waals surface area contributed by atoms with Crippen LogP contribution < -0.4 is 5.32 Å². The number of amides is 1. The molecule has 0 spiro atoms. The molecule has 1 unspecified atom stereocenters. The smallest absolute Gasteiger partial charge is 0.256 e. The molecule has 1 aromatic carbocycles. The number of rotatable bonds is 8. The van der Waals surface area contributed by atoms with Crippen LogP contribution in [-0.2, 0) is 9.47 Å². The molecule has 3 atom stereocenters. The highest BCUT2D eigenvalue weighted by molar-refractivity contribution is 8.77. The number of anilines is 1. The van der Waals surface area contributed by atoms with Gasteiger partial charge in [0, 0.05) is 16.7 Å². The summed E-state index contributed by atoms with van der Waals surface area (Å²) in [6.07, 6.45) is 2.46. The maximum Gasteiger partial charge on any atom is 0.256 e. The number of carbonyl (C=O) groups is 1. The number of fused-ring (bicyclic) bond motifs is 1. The molecule has 11 heteroatoms. The van der Waals surface area contributed by atoms with Gasteiger partial charge >= 0.3 is 0 Å². The third kappa shape index (κ3) is 5.85. The number of nitrogens with zero attached hydrogens (tertiary/aromatic N) is 4. The molecule has 1 saturated heterocycles. The second-order valence-electron chi connectivity index (χ2n) is 8.55. The largest absolute Gasteiger partial charge is 0.394 e. The first-order valence-corrected chi connectivity index (χ1v) is 12.9. The molecule has 33 heavy (non-hydrogen) atoms. The van der Waals surface area contributed by atoms with E-state index in [-0.39, 0.29) is 23.4 Å². The fourth-order valence-corrected chi connectivity index (χ4v) is 5.45. The van der Waals surface area contributed by atoms with Gasteiger partial charge in [-0.3, -0.25) is 9.36 Å². The number of ether oxygens (including phenoxy) is 2. The van der Waals surface area contributed by atoms with Crippen molar-refractivity contribution >= 4 is 44.5 Å². The van der Waals surface area contributed by atoms with Gasteiger partial charge in [0.25, 0.3) is 5.91 Å². The van der Waals surface area contributed by atoms with Gasteiger partial charge in [0.15, 0.2) is 17.0 Å². The van der Waals surface area contributed by atoms with Gasteiger partial charge < -0.3 is 19.9 Å². The van der Waals surface area contributed by atoms with E-state index in [0.717, 1.165) is 0 Å². The predicted molar refractivity (Wildman–Crippen MR) is 130 cm³/mol. The lowest BCUT2D eigenvalue weighted by Crippen LogP contribution is -2.27. The van der Waals surface area contributed by atoms with Crippen LogP contribution in [0.2, 0.25) is 0 Å². The van der Waals surface area contributed by atoms with E-state index in [1.165, 1.54) is 6.33 Å². The SMILES string of the molecule is CC(C)(C)SSCOC1C[C@H](n2cnc3c(NC(=O)c4ccccc4)ncnc32)O[C@@H]1CO. The van der Waals surface area contributed by atoms with Crippen molar-refractivity contribution < 1.29 is 19.4 Å². The average molecular weight is 490 g/mol. The number of carbonyl (C=O) groups excluding carboxylic acids is 1. The Labute approximate surface area is 200 Å². The van der Waals surface area contributed by atoms with Gasteiger partial charge in [-0.15, -0.1) is 0 Å². The summed E-state index contributed by atoms with van der Waals surface area (Å²) in [7, 11) is 3.40. The third-order valence-corrected chi connectivity index (χ3v) is 7.93. The highest BCUT2D eigenvalue weighted by Crippen LogP contribution is 2.37. The Morgan fingerprint density at radius 1 is 1.27 bits per heavy atom. The number of aromatic nitrogens is 4. The molecule has 4 rings (SSSR count). The Morgan fingerprint density at radius 3 is 2.79 bits per heavy atom. The minimum absolute atomic E-state index is 0.141. The number of aliphatic hydroxyl groups excluding tert-OH is 1. The van der Waals surface area contributed by atoms with E-state index in [0.29, 0.717) is 34.9 Å². The summed E-state index contributed by atoms with van der Waals surface area (Å²) in [4.78, 5) is 25.5. The Hall–Kier alpha value is -2.18. The topological polar surface area (TPSA) is 111 Å². The van der Waals surface area contributed by atoms with Crippen molar-refractivity contribution in [2.45, 2.75) is 50.4 Å². The Balaban J connectivity index is 1.46. The third-order valence-electron chi connectivity index (χ3n) is 4.94. The van der Waals surface area contributed by atoms with Gasteiger partial charge in [-0.05, 0) is 12.1 Å². The number of nitrogens with one attached hydrogen (secondary N) is 1. The summed E-state index contributed by atoms with van der Waals surface area (Å²) in [6.45, 7) is 6.31. The number of aliphatic hydroxyl groups is 1. The van der Waals surface area contributed by atoms with E-state index in [9.17, 15) is 9.90 Å². The fraction of sp³-hybridized carbons (Fsp3) is 0.455. The number of hydrogen-bond donors (Lipinski definition) is 2. The number of imidazole rings is 1. The van der Waals surface area contributed by atoms with Crippen LogP contribution in [0.25, 0.3) is 11.2 Å². The van der Waals surface area contributed by atoms with E-state index >= 15 is 0 Å². The molecule has 3 aromatic rings. The zero-order valence-electron chi connectivity index (χ0n) is 18.7. The summed E-state index contributed by atoms with van der Waals surface area (Å²) < 4.78 is 14.0. The van der Waals surface area contributed by atoms with Crippen LogP contribution in [0.15, 0.2) is 43.0 Å². The minimum atomic E-state index is -0.438. The molecular weight excluding hydrogens is 462 g/mol. The zero-order chi connectivity index (χ0) is 23.4. The van der Waals surface area contributed by atoms with Crippen LogP contribution in [0, 0.1) is 0 Å². The molecule has 1 amide bonds. The van der Waals surface area contributed by atoms with E-state index in [4.69, 9.17) is 9.47 Å². The van der Waals surface area contributed by atoms with Gasteiger partial charge in [0.05, 0.1) is 19.0 Å². The average Bonchev–Trinajstić information content (AvgIpc) is 3.41. The van der Waals surface area contributed by atoms with Crippen molar-refractivity contribution in [3.63, 3.8) is 0 Å². The van der Waals surface area contributed by atoms with Gasteiger partial charge in [0.2, 0.25) is 0 Å². The van der Waals surface area contributed by atoms with Crippen molar-refractivity contribution in [3.05, 3.63) is 48.5 Å². The van der Waals surface area contributed by atoms with E-state index in [2.05, 4.69) is 41.0 Å². The molecule has 2 aromatic heterocycles. The highest BCUT2D eigenvalue weighted by Gasteiger charge is 2.37. The van der Waals surface area contributed by atoms with Crippen LogP contribution >= 0.6 is 21.6 Å². The molecule has 1 aliphatic rings. The summed E-state index contributed by atoms with van der Waals surface area (Å²) in [5.74, 6) is 0.552. The van der Waals surface area contributed by atoms with Crippen LogP contribution in [0.4, 0.5) is 5.82 Å². The summed E-state index contributed by atoms with van der Waals surface area (Å²) in [5.41, 5.74) is 1.52. The maximum atomic E-state index is 12.6. The maximum absolute atomic E-state index is 12.6. The van der Waals surface area contributed by atoms with Crippen LogP contribution in [0.3, 0.4) is 0 Å². The molecule has 2 N–H and O–H groups in total. The summed E-state index contributed by atoms with van der Waals surface area (Å²) >= 11 is 0. The lowest BCUT2D eigenvalue weighted by Gasteiger charge is -2.19. The summed E-state index contributed by atoms with van der Waals surface area (Å²) in [6, 6.07) is 8.90. The van der Waals surface area contributed by atoms with Crippen LogP contribution in [0.1, 0.15) is 43.8 Å². The molecule has 1 aliphatic heterocycles. The van der Waals surface area contributed by atoms with Crippen LogP contribution in [0.5, 0.6) is 0 Å². The quantitative estimate of drug-likeness (QED) is 0.277. The highest BCUT2D eigenvalue weighted by atomic mass is 33.1. The lowest BCUT2D eigenvalue weighted by atomic mass is 10.2. The molecule has 1 fully saturated rings. The normalized spacial score (nSPS) is 20.9. The molecule has 0 saturated carbocycles. The van der Waals surface area contributed by atoms with Gasteiger partial charge in [-0.2, -0.15) is 0 Å². The zero-order valence-corrected chi connectivity index (χ0v) is 20.3. The van der Waals surface area contributed by atoms with E-state index in [1.54, 1.807) is 56.7 Å². The Morgan fingerprint density at radius 2 is 2.06 bits per heavy atom. The molecule has 176 valence electrons. The molecular formula is C22H27N5O4S2. The van der Waals surface area contributed by atoms with Crippen LogP contribution in [-0.4, -0.2) is 60.0 Å². The molecule has 0 radical (unpaired) electrons.